The maximum absolute atomic E-state index is 14.0. The van der Waals surface area contributed by atoms with Crippen molar-refractivity contribution >= 4 is 15.9 Å². The van der Waals surface area contributed by atoms with Gasteiger partial charge in [0.1, 0.15) is 0 Å². The molecule has 1 radical (unpaired) electrons. The highest BCUT2D eigenvalue weighted by Gasteiger charge is 2.75. The minimum absolute atomic E-state index is 0.172. The van der Waals surface area contributed by atoms with Crippen molar-refractivity contribution in [2.75, 3.05) is 0 Å². The molecule has 0 saturated heterocycles. The normalized spacial score (nSPS) is 23.1. The third-order valence-corrected chi connectivity index (χ3v) is 4.43. The zero-order valence-corrected chi connectivity index (χ0v) is 12.3. The first-order valence-corrected chi connectivity index (χ1v) is 6.29. The van der Waals surface area contributed by atoms with E-state index in [9.17, 15) is 30.7 Å². The van der Waals surface area contributed by atoms with E-state index in [0.717, 1.165) is 0 Å². The lowest BCUT2D eigenvalue weighted by atomic mass is 9.78. The van der Waals surface area contributed by atoms with E-state index >= 15 is 0 Å². The Hall–Kier alpha value is -0.530. The highest BCUT2D eigenvalue weighted by atomic mass is 79.9. The van der Waals surface area contributed by atoms with Crippen LogP contribution in [0.25, 0.3) is 0 Å². The van der Waals surface area contributed by atoms with Gasteiger partial charge in [0, 0.05) is 16.0 Å². The van der Waals surface area contributed by atoms with Crippen molar-refractivity contribution < 1.29 is 30.7 Å². The Balaban J connectivity index is 3.57. The standard InChI is InChI=1S/C12H11BrF7/c1-5-4-8(9(13)7(3)6(5)2)10(14,11(15,16)17)12(18,19)20/h4-5H,1-3H3. The summed E-state index contributed by atoms with van der Waals surface area (Å²) in [4.78, 5) is 0. The Kier molecular flexibility index (Phi) is 4.41. The van der Waals surface area contributed by atoms with Crippen LogP contribution in [-0.2, 0) is 0 Å². The van der Waals surface area contributed by atoms with E-state index in [1.807, 2.05) is 0 Å². The second-order valence-electron chi connectivity index (χ2n) is 4.65. The van der Waals surface area contributed by atoms with Crippen molar-refractivity contribution in [1.82, 2.24) is 0 Å². The lowest BCUT2D eigenvalue weighted by Crippen LogP contribution is -2.55. The molecule has 0 aromatic carbocycles. The summed E-state index contributed by atoms with van der Waals surface area (Å²) in [7, 11) is 0. The summed E-state index contributed by atoms with van der Waals surface area (Å²) < 4.78 is 89.9. The maximum atomic E-state index is 14.0. The number of alkyl halides is 7. The van der Waals surface area contributed by atoms with Crippen LogP contribution in [0.1, 0.15) is 20.8 Å². The maximum Gasteiger partial charge on any atom is 0.435 e. The Morgan fingerprint density at radius 2 is 1.35 bits per heavy atom. The van der Waals surface area contributed by atoms with E-state index < -0.39 is 34.0 Å². The molecular weight excluding hydrogens is 357 g/mol. The van der Waals surface area contributed by atoms with Crippen molar-refractivity contribution in [1.29, 1.82) is 0 Å². The van der Waals surface area contributed by atoms with Gasteiger partial charge in [0.05, 0.1) is 0 Å². The summed E-state index contributed by atoms with van der Waals surface area (Å²) in [6.07, 6.45) is -11.5. The number of allylic oxidation sites excluding steroid dienone is 4. The molecule has 0 aromatic heterocycles. The minimum atomic E-state index is -6.10. The molecule has 0 amide bonds. The van der Waals surface area contributed by atoms with Gasteiger partial charge in [-0.15, -0.1) is 0 Å². The third kappa shape index (κ3) is 2.51. The molecule has 1 rings (SSSR count). The lowest BCUT2D eigenvalue weighted by molar-refractivity contribution is -0.325. The van der Waals surface area contributed by atoms with Gasteiger partial charge in [0.15, 0.2) is 0 Å². The second kappa shape index (κ2) is 5.03. The first-order valence-electron chi connectivity index (χ1n) is 5.50. The summed E-state index contributed by atoms with van der Waals surface area (Å²) in [5, 5.41) is 0. The van der Waals surface area contributed by atoms with Gasteiger partial charge in [0.2, 0.25) is 0 Å². The average molecular weight is 368 g/mol. The second-order valence-corrected chi connectivity index (χ2v) is 5.44. The smallest absolute Gasteiger partial charge is 0.218 e. The number of hydrogen-bond donors (Lipinski definition) is 0. The monoisotopic (exact) mass is 367 g/mol. The Labute approximate surface area is 119 Å². The van der Waals surface area contributed by atoms with Crippen molar-refractivity contribution in [2.45, 2.75) is 38.8 Å². The summed E-state index contributed by atoms with van der Waals surface area (Å²) in [6.45, 7) is 4.32. The van der Waals surface area contributed by atoms with E-state index in [-0.39, 0.29) is 5.57 Å². The SMILES string of the molecule is C[C]1C(C)=C(Br)C(C(F)(C(F)(F)F)C(F)(F)F)=CC1C. The fourth-order valence-electron chi connectivity index (χ4n) is 1.90. The quantitative estimate of drug-likeness (QED) is 0.524. The van der Waals surface area contributed by atoms with E-state index in [2.05, 4.69) is 15.9 Å². The van der Waals surface area contributed by atoms with Crippen LogP contribution in [0.5, 0.6) is 0 Å². The summed E-state index contributed by atoms with van der Waals surface area (Å²) in [5.41, 5.74) is -6.66. The fourth-order valence-corrected chi connectivity index (χ4v) is 2.62. The summed E-state index contributed by atoms with van der Waals surface area (Å²) in [5.74, 6) is -0.140. The molecule has 8 heteroatoms. The van der Waals surface area contributed by atoms with Crippen LogP contribution in [0.2, 0.25) is 0 Å². The van der Waals surface area contributed by atoms with Gasteiger partial charge in [-0.25, -0.2) is 4.39 Å². The van der Waals surface area contributed by atoms with Crippen LogP contribution in [0.4, 0.5) is 30.7 Å². The molecule has 0 aliphatic heterocycles. The number of rotatable bonds is 1. The average Bonchev–Trinajstić information content (AvgIpc) is 2.27. The molecule has 0 bridgehead atoms. The van der Waals surface area contributed by atoms with Gasteiger partial charge in [-0.1, -0.05) is 41.4 Å². The Morgan fingerprint density at radius 3 is 1.70 bits per heavy atom. The van der Waals surface area contributed by atoms with E-state index in [4.69, 9.17) is 0 Å². The molecule has 1 unspecified atom stereocenters. The summed E-state index contributed by atoms with van der Waals surface area (Å²) in [6, 6.07) is 0. The van der Waals surface area contributed by atoms with Gasteiger partial charge >= 0.3 is 18.0 Å². The van der Waals surface area contributed by atoms with E-state index in [0.29, 0.717) is 12.0 Å². The van der Waals surface area contributed by atoms with Gasteiger partial charge in [-0.05, 0) is 12.8 Å². The molecule has 0 N–H and O–H groups in total. The zero-order valence-electron chi connectivity index (χ0n) is 10.7. The van der Waals surface area contributed by atoms with Gasteiger partial charge in [-0.3, -0.25) is 0 Å². The molecule has 0 aromatic rings. The predicted molar refractivity (Wildman–Crippen MR) is 63.7 cm³/mol. The molecule has 115 valence electrons. The van der Waals surface area contributed by atoms with Crippen molar-refractivity contribution in [3.63, 3.8) is 0 Å². The van der Waals surface area contributed by atoms with Crippen LogP contribution >= 0.6 is 15.9 Å². The molecule has 0 fully saturated rings. The molecule has 1 aliphatic rings. The fraction of sp³-hybridized carbons (Fsp3) is 0.583. The van der Waals surface area contributed by atoms with Crippen LogP contribution in [0.3, 0.4) is 0 Å². The number of halogens is 8. The summed E-state index contributed by atoms with van der Waals surface area (Å²) >= 11 is 2.66. The molecule has 0 spiro atoms. The molecule has 0 nitrogen and oxygen atoms in total. The third-order valence-electron chi connectivity index (χ3n) is 3.41. The van der Waals surface area contributed by atoms with Crippen LogP contribution in [0.15, 0.2) is 21.7 Å². The largest absolute Gasteiger partial charge is 0.435 e. The Morgan fingerprint density at radius 1 is 0.950 bits per heavy atom. The van der Waals surface area contributed by atoms with Crippen molar-refractivity contribution in [2.24, 2.45) is 5.92 Å². The zero-order chi connectivity index (χ0) is 16.1. The molecule has 20 heavy (non-hydrogen) atoms. The molecule has 0 heterocycles. The minimum Gasteiger partial charge on any atom is -0.218 e. The topological polar surface area (TPSA) is 0 Å². The first-order chi connectivity index (χ1) is 8.75. The molecule has 1 aliphatic carbocycles. The number of hydrogen-bond acceptors (Lipinski definition) is 0. The Bertz CT molecular complexity index is 441. The first kappa shape index (κ1) is 17.5. The van der Waals surface area contributed by atoms with Gasteiger partial charge < -0.3 is 0 Å². The van der Waals surface area contributed by atoms with Crippen LogP contribution < -0.4 is 0 Å². The van der Waals surface area contributed by atoms with Crippen molar-refractivity contribution in [3.8, 4) is 0 Å². The van der Waals surface area contributed by atoms with E-state index in [1.165, 1.54) is 13.8 Å². The molecule has 0 saturated carbocycles. The lowest BCUT2D eigenvalue weighted by Gasteiger charge is -2.36. The van der Waals surface area contributed by atoms with Crippen LogP contribution in [-0.4, -0.2) is 18.0 Å². The van der Waals surface area contributed by atoms with Crippen molar-refractivity contribution in [3.05, 3.63) is 27.6 Å². The molecular formula is C12H11BrF7. The van der Waals surface area contributed by atoms with Gasteiger partial charge in [0.25, 0.3) is 0 Å². The predicted octanol–water partition coefficient (Wildman–Crippen LogP) is 5.66. The van der Waals surface area contributed by atoms with Gasteiger partial charge in [-0.2, -0.15) is 26.3 Å². The highest BCUT2D eigenvalue weighted by molar-refractivity contribution is 9.12. The van der Waals surface area contributed by atoms with E-state index in [1.54, 1.807) is 6.92 Å². The molecule has 1 atom stereocenters. The highest BCUT2D eigenvalue weighted by Crippen LogP contribution is 2.55. The van der Waals surface area contributed by atoms with Crippen LogP contribution in [0, 0.1) is 11.8 Å².